The molecule has 1 aromatic carbocycles. The van der Waals surface area contributed by atoms with E-state index < -0.39 is 18.2 Å². The minimum absolute atomic E-state index is 0.0215. The predicted octanol–water partition coefficient (Wildman–Crippen LogP) is 3.54. The first-order valence-electron chi connectivity index (χ1n) is 13.8. The molecule has 0 radical (unpaired) electrons. The lowest BCUT2D eigenvalue weighted by atomic mass is 9.64. The number of ether oxygens (including phenoxy) is 1. The normalized spacial score (nSPS) is 29.2. The smallest absolute Gasteiger partial charge is 0.408 e. The molecular formula is C28H40N4O5. The van der Waals surface area contributed by atoms with Crippen molar-refractivity contribution < 1.29 is 24.2 Å². The van der Waals surface area contributed by atoms with E-state index in [1.54, 1.807) is 11.8 Å². The Hall–Kier alpha value is -2.81. The van der Waals surface area contributed by atoms with Crippen LogP contribution >= 0.6 is 0 Å². The number of carboxylic acid groups (broad SMARTS) is 1. The molecular weight excluding hydrogens is 472 g/mol. The van der Waals surface area contributed by atoms with Crippen LogP contribution in [0.1, 0.15) is 57.4 Å². The summed E-state index contributed by atoms with van der Waals surface area (Å²) in [6, 6.07) is 9.69. The Morgan fingerprint density at radius 1 is 1.08 bits per heavy atom. The molecule has 3 saturated heterocycles. The third-order valence-electron chi connectivity index (χ3n) is 9.18. The first kappa shape index (κ1) is 25.8. The van der Waals surface area contributed by atoms with Gasteiger partial charge in [-0.15, -0.1) is 0 Å². The van der Waals surface area contributed by atoms with E-state index in [2.05, 4.69) is 10.2 Å². The van der Waals surface area contributed by atoms with E-state index in [0.717, 1.165) is 70.1 Å². The van der Waals surface area contributed by atoms with E-state index in [-0.39, 0.29) is 24.0 Å². The molecule has 4 aliphatic rings. The average molecular weight is 513 g/mol. The SMILES string of the molecule is C[C@H](NC(=O)OCc1ccccc1)C(=O)N1CCC[C@H]1C1CCN(C2CC3(CCN(C(=O)O)C3)C2)CC1. The van der Waals surface area contributed by atoms with Crippen LogP contribution in [0, 0.1) is 11.3 Å². The molecule has 0 bridgehead atoms. The molecule has 5 rings (SSSR count). The lowest BCUT2D eigenvalue weighted by Crippen LogP contribution is -2.56. The predicted molar refractivity (Wildman–Crippen MR) is 138 cm³/mol. The average Bonchev–Trinajstić information content (AvgIpc) is 3.55. The molecule has 3 aliphatic heterocycles. The zero-order valence-electron chi connectivity index (χ0n) is 21.8. The number of carbonyl (C=O) groups excluding carboxylic acids is 2. The Labute approximate surface area is 219 Å². The summed E-state index contributed by atoms with van der Waals surface area (Å²) in [4.78, 5) is 43.0. The maximum atomic E-state index is 13.3. The van der Waals surface area contributed by atoms with Crippen molar-refractivity contribution in [1.82, 2.24) is 20.0 Å². The highest BCUT2D eigenvalue weighted by Crippen LogP contribution is 2.50. The van der Waals surface area contributed by atoms with Gasteiger partial charge in [-0.1, -0.05) is 30.3 Å². The van der Waals surface area contributed by atoms with Crippen LogP contribution in [0.15, 0.2) is 30.3 Å². The Balaban J connectivity index is 1.06. The number of piperidine rings is 1. The van der Waals surface area contributed by atoms with Crippen LogP contribution < -0.4 is 5.32 Å². The van der Waals surface area contributed by atoms with Gasteiger partial charge in [0.1, 0.15) is 12.6 Å². The number of rotatable bonds is 6. The van der Waals surface area contributed by atoms with Crippen molar-refractivity contribution in [2.24, 2.45) is 11.3 Å². The quantitative estimate of drug-likeness (QED) is 0.605. The number of alkyl carbamates (subject to hydrolysis) is 1. The Morgan fingerprint density at radius 2 is 1.81 bits per heavy atom. The van der Waals surface area contributed by atoms with Gasteiger partial charge in [-0.3, -0.25) is 4.79 Å². The van der Waals surface area contributed by atoms with Crippen molar-refractivity contribution in [3.8, 4) is 0 Å². The van der Waals surface area contributed by atoms with E-state index in [4.69, 9.17) is 4.74 Å². The lowest BCUT2D eigenvalue weighted by molar-refractivity contribution is -0.135. The van der Waals surface area contributed by atoms with Gasteiger partial charge in [-0.05, 0) is 81.9 Å². The molecule has 2 atom stereocenters. The topological polar surface area (TPSA) is 102 Å². The molecule has 1 spiro atoms. The zero-order chi connectivity index (χ0) is 26.0. The second kappa shape index (κ2) is 10.9. The molecule has 0 aromatic heterocycles. The van der Waals surface area contributed by atoms with Gasteiger partial charge in [0, 0.05) is 31.7 Å². The van der Waals surface area contributed by atoms with Crippen molar-refractivity contribution in [3.63, 3.8) is 0 Å². The monoisotopic (exact) mass is 512 g/mol. The number of nitrogens with one attached hydrogen (secondary N) is 1. The van der Waals surface area contributed by atoms with Crippen LogP contribution in [-0.4, -0.2) is 88.7 Å². The third-order valence-corrected chi connectivity index (χ3v) is 9.18. The molecule has 37 heavy (non-hydrogen) atoms. The van der Waals surface area contributed by atoms with Gasteiger partial charge in [0.05, 0.1) is 0 Å². The molecule has 9 heteroatoms. The standard InChI is InChI=1S/C28H40N4O5/c1-20(29-26(34)37-18-21-6-3-2-4-7-21)25(33)32-12-5-8-24(32)22-9-13-30(14-10-22)23-16-28(17-23)11-15-31(19-28)27(35)36/h2-4,6-7,20,22-24H,5,8-19H2,1H3,(H,29,34)(H,35,36)/t20-,23?,24-,28?/m0/s1. The van der Waals surface area contributed by atoms with Crippen molar-refractivity contribution in [3.05, 3.63) is 35.9 Å². The maximum Gasteiger partial charge on any atom is 0.408 e. The minimum atomic E-state index is -0.787. The molecule has 9 nitrogen and oxygen atoms in total. The molecule has 1 saturated carbocycles. The molecule has 3 amide bonds. The number of hydrogen-bond donors (Lipinski definition) is 2. The van der Waals surface area contributed by atoms with E-state index in [1.165, 1.54) is 0 Å². The van der Waals surface area contributed by atoms with Crippen molar-refractivity contribution in [2.45, 2.75) is 76.6 Å². The van der Waals surface area contributed by atoms with Crippen LogP contribution in [0.5, 0.6) is 0 Å². The third kappa shape index (κ3) is 5.71. The van der Waals surface area contributed by atoms with Crippen LogP contribution in [0.3, 0.4) is 0 Å². The van der Waals surface area contributed by atoms with E-state index in [0.29, 0.717) is 25.0 Å². The maximum absolute atomic E-state index is 13.3. The first-order valence-corrected chi connectivity index (χ1v) is 13.8. The van der Waals surface area contributed by atoms with Gasteiger partial charge in [0.25, 0.3) is 0 Å². The number of carbonyl (C=O) groups is 3. The van der Waals surface area contributed by atoms with Gasteiger partial charge in [-0.25, -0.2) is 9.59 Å². The van der Waals surface area contributed by atoms with E-state index in [9.17, 15) is 19.5 Å². The van der Waals surface area contributed by atoms with Crippen molar-refractivity contribution in [1.29, 1.82) is 0 Å². The number of likely N-dealkylation sites (tertiary alicyclic amines) is 3. The summed E-state index contributed by atoms with van der Waals surface area (Å²) in [6.07, 6.45) is 6.06. The number of amides is 3. The highest BCUT2D eigenvalue weighted by molar-refractivity contribution is 5.85. The zero-order valence-corrected chi connectivity index (χ0v) is 21.8. The Morgan fingerprint density at radius 3 is 2.49 bits per heavy atom. The van der Waals surface area contributed by atoms with Gasteiger partial charge in [0.2, 0.25) is 5.91 Å². The summed E-state index contributed by atoms with van der Waals surface area (Å²) < 4.78 is 5.30. The number of nitrogens with zero attached hydrogens (tertiary/aromatic N) is 3. The number of benzene rings is 1. The van der Waals surface area contributed by atoms with Gasteiger partial charge >= 0.3 is 12.2 Å². The summed E-state index contributed by atoms with van der Waals surface area (Å²) in [5, 5.41) is 12.0. The summed E-state index contributed by atoms with van der Waals surface area (Å²) in [5.41, 5.74) is 1.12. The minimum Gasteiger partial charge on any atom is -0.465 e. The molecule has 3 heterocycles. The summed E-state index contributed by atoms with van der Waals surface area (Å²) >= 11 is 0. The van der Waals surface area contributed by atoms with Crippen molar-refractivity contribution in [2.75, 3.05) is 32.7 Å². The fraction of sp³-hybridized carbons (Fsp3) is 0.679. The second-order valence-electron chi connectivity index (χ2n) is 11.6. The number of hydrogen-bond acceptors (Lipinski definition) is 5. The Kier molecular flexibility index (Phi) is 7.60. The summed E-state index contributed by atoms with van der Waals surface area (Å²) in [7, 11) is 0. The molecule has 202 valence electrons. The van der Waals surface area contributed by atoms with Crippen molar-refractivity contribution >= 4 is 18.1 Å². The van der Waals surface area contributed by atoms with Crippen LogP contribution in [0.2, 0.25) is 0 Å². The molecule has 0 unspecified atom stereocenters. The Bertz CT molecular complexity index is 974. The van der Waals surface area contributed by atoms with Crippen LogP contribution in [-0.2, 0) is 16.1 Å². The molecule has 1 aromatic rings. The highest BCUT2D eigenvalue weighted by Gasteiger charge is 2.51. The van der Waals surface area contributed by atoms with Gasteiger partial charge < -0.3 is 29.9 Å². The van der Waals surface area contributed by atoms with Gasteiger partial charge in [-0.2, -0.15) is 0 Å². The fourth-order valence-corrected chi connectivity index (χ4v) is 7.11. The van der Waals surface area contributed by atoms with Crippen LogP contribution in [0.25, 0.3) is 0 Å². The van der Waals surface area contributed by atoms with Gasteiger partial charge in [0.15, 0.2) is 0 Å². The summed E-state index contributed by atoms with van der Waals surface area (Å²) in [6.45, 7) is 6.13. The molecule has 1 aliphatic carbocycles. The first-order chi connectivity index (χ1) is 17.8. The largest absolute Gasteiger partial charge is 0.465 e. The lowest BCUT2D eigenvalue weighted by Gasteiger charge is -2.52. The molecule has 2 N–H and O–H groups in total. The summed E-state index contributed by atoms with van der Waals surface area (Å²) in [5.74, 6) is 0.467. The van der Waals surface area contributed by atoms with E-state index in [1.807, 2.05) is 35.2 Å². The van der Waals surface area contributed by atoms with Crippen LogP contribution in [0.4, 0.5) is 9.59 Å². The van der Waals surface area contributed by atoms with E-state index >= 15 is 0 Å². The highest BCUT2D eigenvalue weighted by atomic mass is 16.5. The molecule has 4 fully saturated rings. The second-order valence-corrected chi connectivity index (χ2v) is 11.6. The fourth-order valence-electron chi connectivity index (χ4n) is 7.11.